The molecular weight excluding hydrogens is 590 g/mol. The largest absolute Gasteiger partial charge is 0.480 e. The van der Waals surface area contributed by atoms with E-state index < -0.39 is 59.7 Å². The molecule has 44 heavy (non-hydrogen) atoms. The monoisotopic (exact) mass is 639 g/mol. The Morgan fingerprint density at radius 1 is 0.932 bits per heavy atom. The zero-order valence-electron chi connectivity index (χ0n) is 25.7. The van der Waals surface area contributed by atoms with Crippen LogP contribution < -0.4 is 16.4 Å². The van der Waals surface area contributed by atoms with Gasteiger partial charge in [-0.25, -0.2) is 0 Å². The zero-order valence-corrected chi connectivity index (χ0v) is 26.5. The Balaban J connectivity index is 5.43. The maximum absolute atomic E-state index is 12.7. The molecule has 7 N–H and O–H groups in total. The number of esters is 1. The summed E-state index contributed by atoms with van der Waals surface area (Å²) in [5.41, 5.74) is 5.45. The molecule has 0 bridgehead atoms. The highest BCUT2D eigenvalue weighted by Crippen LogP contribution is 2.22. The van der Waals surface area contributed by atoms with E-state index in [0.717, 1.165) is 24.6 Å². The Hall–Kier alpha value is -3.42. The summed E-state index contributed by atoms with van der Waals surface area (Å²) >= 11 is 1.16. The van der Waals surface area contributed by atoms with Crippen molar-refractivity contribution in [1.29, 1.82) is 0 Å². The summed E-state index contributed by atoms with van der Waals surface area (Å²) in [6.45, 7) is 1.51. The number of unbranched alkanes of at least 4 members (excludes halogenated alkanes) is 3. The van der Waals surface area contributed by atoms with E-state index in [4.69, 9.17) is 15.9 Å². The fraction of sp³-hybridized carbons (Fsp3) is 0.581. The third-order valence-electron chi connectivity index (χ3n) is 6.19. The number of carboxylic acids is 2. The molecule has 2 amide bonds. The molecule has 0 aliphatic heterocycles. The van der Waals surface area contributed by atoms with Gasteiger partial charge in [0.15, 0.2) is 0 Å². The number of thioether (sulfide) groups is 1. The summed E-state index contributed by atoms with van der Waals surface area (Å²) in [4.78, 5) is 58.5. The number of nitrogens with two attached hydrogens (primary N) is 1. The number of carboxylic acid groups (broad SMARTS) is 2. The minimum atomic E-state index is -1.27. The number of ether oxygens (including phenoxy) is 1. The van der Waals surface area contributed by atoms with Crippen molar-refractivity contribution in [3.05, 3.63) is 48.6 Å². The number of aliphatic hydroxyl groups is 1. The van der Waals surface area contributed by atoms with Gasteiger partial charge in [-0.2, -0.15) is 0 Å². The van der Waals surface area contributed by atoms with Gasteiger partial charge in [0.1, 0.15) is 18.6 Å². The second-order valence-corrected chi connectivity index (χ2v) is 11.2. The van der Waals surface area contributed by atoms with Crippen LogP contribution in [0.15, 0.2) is 48.6 Å². The molecule has 12 nitrogen and oxygen atoms in total. The summed E-state index contributed by atoms with van der Waals surface area (Å²) in [7, 11) is 1.28. The molecule has 248 valence electrons. The highest BCUT2D eigenvalue weighted by molar-refractivity contribution is 8.00. The van der Waals surface area contributed by atoms with Crippen molar-refractivity contribution in [3.63, 3.8) is 0 Å². The number of rotatable bonds is 25. The lowest BCUT2D eigenvalue weighted by atomic mass is 10.1. The maximum Gasteiger partial charge on any atom is 0.322 e. The molecule has 0 aromatic heterocycles. The van der Waals surface area contributed by atoms with E-state index in [1.807, 2.05) is 18.2 Å². The molecule has 0 radical (unpaired) electrons. The number of carbonyl (C=O) groups excluding carboxylic acids is 3. The van der Waals surface area contributed by atoms with Crippen LogP contribution in [0.3, 0.4) is 0 Å². The topological polar surface area (TPSA) is 205 Å². The first-order valence-electron chi connectivity index (χ1n) is 14.8. The van der Waals surface area contributed by atoms with Gasteiger partial charge < -0.3 is 36.4 Å². The van der Waals surface area contributed by atoms with E-state index >= 15 is 0 Å². The summed E-state index contributed by atoms with van der Waals surface area (Å²) in [5.74, 6) is -4.34. The van der Waals surface area contributed by atoms with Crippen LogP contribution in [0.2, 0.25) is 0 Å². The minimum Gasteiger partial charge on any atom is -0.480 e. The molecule has 0 fully saturated rings. The Morgan fingerprint density at radius 2 is 1.66 bits per heavy atom. The molecule has 0 unspecified atom stereocenters. The molecule has 0 saturated heterocycles. The van der Waals surface area contributed by atoms with Crippen molar-refractivity contribution in [3.8, 4) is 0 Å². The minimum absolute atomic E-state index is 0.0283. The van der Waals surface area contributed by atoms with Crippen molar-refractivity contribution < 1.29 is 44.0 Å². The fourth-order valence-electron chi connectivity index (χ4n) is 3.63. The van der Waals surface area contributed by atoms with Crippen LogP contribution in [0.25, 0.3) is 0 Å². The van der Waals surface area contributed by atoms with Crippen LogP contribution in [0.1, 0.15) is 71.1 Å². The Labute approximate surface area is 264 Å². The van der Waals surface area contributed by atoms with Crippen LogP contribution in [0, 0.1) is 0 Å². The van der Waals surface area contributed by atoms with Crippen molar-refractivity contribution in [2.45, 2.75) is 94.6 Å². The number of hydrogen-bond donors (Lipinski definition) is 6. The summed E-state index contributed by atoms with van der Waals surface area (Å²) in [6, 6.07) is -2.42. The van der Waals surface area contributed by atoms with Gasteiger partial charge in [0, 0.05) is 23.8 Å². The quantitative estimate of drug-likeness (QED) is 0.0371. The van der Waals surface area contributed by atoms with Crippen LogP contribution in [0.5, 0.6) is 0 Å². The first-order chi connectivity index (χ1) is 21.0. The molecule has 0 rings (SSSR count). The van der Waals surface area contributed by atoms with E-state index in [2.05, 4.69) is 34.4 Å². The molecule has 0 saturated carbocycles. The average Bonchev–Trinajstić information content (AvgIpc) is 2.99. The number of aliphatic carboxylic acids is 2. The van der Waals surface area contributed by atoms with Gasteiger partial charge in [0.2, 0.25) is 11.8 Å². The highest BCUT2D eigenvalue weighted by Gasteiger charge is 2.25. The van der Waals surface area contributed by atoms with Crippen molar-refractivity contribution >= 4 is 41.5 Å². The summed E-state index contributed by atoms with van der Waals surface area (Å²) in [6.07, 6.45) is 20.3. The van der Waals surface area contributed by atoms with Crippen LogP contribution in [-0.4, -0.2) is 87.9 Å². The second kappa shape index (κ2) is 26.0. The van der Waals surface area contributed by atoms with Gasteiger partial charge in [-0.3, -0.25) is 24.0 Å². The van der Waals surface area contributed by atoms with Crippen LogP contribution >= 0.6 is 11.8 Å². The van der Waals surface area contributed by atoms with E-state index in [1.54, 1.807) is 18.2 Å². The number of methoxy groups -OCH3 is 1. The predicted molar refractivity (Wildman–Crippen MR) is 171 cm³/mol. The maximum atomic E-state index is 12.7. The average molecular weight is 640 g/mol. The number of carbonyl (C=O) groups is 5. The fourth-order valence-corrected chi connectivity index (χ4v) is 4.84. The second-order valence-electron chi connectivity index (χ2n) is 9.95. The summed E-state index contributed by atoms with van der Waals surface area (Å²) < 4.78 is 4.64. The molecule has 0 aliphatic carbocycles. The van der Waals surface area contributed by atoms with Gasteiger partial charge in [0.05, 0.1) is 13.2 Å². The third-order valence-corrected chi connectivity index (χ3v) is 7.57. The van der Waals surface area contributed by atoms with Gasteiger partial charge in [-0.15, -0.1) is 11.8 Å². The smallest absolute Gasteiger partial charge is 0.322 e. The molecule has 0 aliphatic rings. The van der Waals surface area contributed by atoms with Crippen LogP contribution in [-0.2, 0) is 28.7 Å². The SMILES string of the molecule is CCCCC/C=C\C/C=C/C=C/C=C/[C@@H](SC[C@H](NC(=O)CC[C@H](N)C(=O)O)C(=O)NCC(=O)O)[C@@H](O)CCCC(=O)OC. The molecule has 4 atom stereocenters. The Kier molecular flexibility index (Phi) is 24.0. The highest BCUT2D eigenvalue weighted by atomic mass is 32.2. The standard InChI is InChI=1S/C31H49N3O9S/c1-3-4-5-6-7-8-9-10-11-12-13-14-17-26(25(35)16-15-18-29(39)43-2)44-22-24(30(40)33-21-28(37)38)34-27(36)20-19-23(32)31(41)42/h7-8,10-14,17,23-26,35H,3-6,9,15-16,18-22,32H2,1-2H3,(H,33,40)(H,34,36)(H,37,38)(H,41,42)/b8-7-,11-10+,13-12+,17-14+/t23-,24-,25-,26+/m0/s1. The molecular formula is C31H49N3O9S. The molecule has 0 aromatic carbocycles. The van der Waals surface area contributed by atoms with Gasteiger partial charge in [-0.05, 0) is 38.5 Å². The molecule has 13 heteroatoms. The third kappa shape index (κ3) is 22.2. The normalized spacial score (nSPS) is 14.5. The lowest BCUT2D eigenvalue weighted by Crippen LogP contribution is -2.50. The number of hydrogen-bond acceptors (Lipinski definition) is 9. The van der Waals surface area contributed by atoms with E-state index in [-0.39, 0.29) is 31.4 Å². The van der Waals surface area contributed by atoms with E-state index in [1.165, 1.54) is 26.4 Å². The van der Waals surface area contributed by atoms with Gasteiger partial charge in [0.25, 0.3) is 0 Å². The van der Waals surface area contributed by atoms with Gasteiger partial charge in [-0.1, -0.05) is 68.4 Å². The molecule has 0 heterocycles. The molecule has 0 aromatic rings. The van der Waals surface area contributed by atoms with E-state index in [9.17, 15) is 29.1 Å². The van der Waals surface area contributed by atoms with Crippen LogP contribution in [0.4, 0.5) is 0 Å². The summed E-state index contributed by atoms with van der Waals surface area (Å²) in [5, 5.41) is 32.9. The first-order valence-corrected chi connectivity index (χ1v) is 15.8. The van der Waals surface area contributed by atoms with Crippen molar-refractivity contribution in [2.24, 2.45) is 5.73 Å². The Bertz CT molecular complexity index is 998. The van der Waals surface area contributed by atoms with Crippen molar-refractivity contribution in [2.75, 3.05) is 19.4 Å². The number of aliphatic hydroxyl groups excluding tert-OH is 1. The van der Waals surface area contributed by atoms with Crippen molar-refractivity contribution in [1.82, 2.24) is 10.6 Å². The number of amides is 2. The van der Waals surface area contributed by atoms with E-state index in [0.29, 0.717) is 6.42 Å². The Morgan fingerprint density at radius 3 is 2.32 bits per heavy atom. The number of nitrogens with one attached hydrogen (secondary N) is 2. The first kappa shape index (κ1) is 40.6. The predicted octanol–water partition coefficient (Wildman–Crippen LogP) is 2.87. The van der Waals surface area contributed by atoms with Gasteiger partial charge >= 0.3 is 17.9 Å². The zero-order chi connectivity index (χ0) is 33.2. The number of allylic oxidation sites excluding steroid dienone is 7. The molecule has 0 spiro atoms. The lowest BCUT2D eigenvalue weighted by Gasteiger charge is -2.23. The lowest BCUT2D eigenvalue weighted by molar-refractivity contribution is -0.141.